The topological polar surface area (TPSA) is 3.24 Å². The Morgan fingerprint density at radius 2 is 1.04 bits per heavy atom. The van der Waals surface area contributed by atoms with E-state index in [4.69, 9.17) is 0 Å². The van der Waals surface area contributed by atoms with E-state index in [2.05, 4.69) is 160 Å². The molecule has 11 rings (SSSR count). The van der Waals surface area contributed by atoms with Crippen molar-refractivity contribution in [2.45, 2.75) is 142 Å². The Labute approximate surface area is 332 Å². The Morgan fingerprint density at radius 3 is 1.53 bits per heavy atom. The van der Waals surface area contributed by atoms with Gasteiger partial charge in [-0.1, -0.05) is 166 Å². The highest BCUT2D eigenvalue weighted by molar-refractivity contribution is 7.02. The highest BCUT2D eigenvalue weighted by Crippen LogP contribution is 2.65. The average Bonchev–Trinajstić information content (AvgIpc) is 3.16. The number of benzene rings is 5. The SMILES string of the molecule is CC(C)c1cccc(C(C)C)c1B1c2cccc3c2N2c4c1cc(C(C)(C)C)cc4C14CCC(CC1)c1ccc(c2c14)B3c1c(C(C)C)cccc1C(C)C. The zero-order valence-electron chi connectivity index (χ0n) is 35.3. The summed E-state index contributed by atoms with van der Waals surface area (Å²) in [6, 6.07) is 32.5. The first-order valence-corrected chi connectivity index (χ1v) is 21.8. The molecule has 1 spiro atoms. The first kappa shape index (κ1) is 35.4. The van der Waals surface area contributed by atoms with Gasteiger partial charge in [0.2, 0.25) is 13.4 Å². The minimum Gasteiger partial charge on any atom is -0.312 e. The van der Waals surface area contributed by atoms with E-state index >= 15 is 0 Å². The van der Waals surface area contributed by atoms with Crippen LogP contribution in [0.4, 0.5) is 17.1 Å². The lowest BCUT2D eigenvalue weighted by Crippen LogP contribution is -2.68. The molecule has 0 amide bonds. The molecule has 55 heavy (non-hydrogen) atoms. The molecule has 1 fully saturated rings. The van der Waals surface area contributed by atoms with Gasteiger partial charge in [0.25, 0.3) is 0 Å². The van der Waals surface area contributed by atoms with Crippen molar-refractivity contribution in [3.63, 3.8) is 0 Å². The van der Waals surface area contributed by atoms with Crippen LogP contribution in [0.15, 0.2) is 78.9 Å². The van der Waals surface area contributed by atoms with Crippen LogP contribution in [-0.2, 0) is 10.8 Å². The molecule has 278 valence electrons. The second-order valence-electron chi connectivity index (χ2n) is 20.3. The van der Waals surface area contributed by atoms with Gasteiger partial charge in [0, 0.05) is 22.5 Å². The van der Waals surface area contributed by atoms with Crippen molar-refractivity contribution in [2.75, 3.05) is 4.90 Å². The number of nitrogens with zero attached hydrogens (tertiary/aromatic N) is 1. The van der Waals surface area contributed by atoms with Gasteiger partial charge in [-0.25, -0.2) is 0 Å². The Balaban J connectivity index is 1.42. The van der Waals surface area contributed by atoms with Crippen LogP contribution in [0.25, 0.3) is 0 Å². The minimum absolute atomic E-state index is 0.0326. The monoisotopic (exact) mass is 719 g/mol. The molecule has 5 aromatic carbocycles. The van der Waals surface area contributed by atoms with E-state index < -0.39 is 0 Å². The molecule has 0 radical (unpaired) electrons. The van der Waals surface area contributed by atoms with Gasteiger partial charge in [-0.3, -0.25) is 0 Å². The second-order valence-corrected chi connectivity index (χ2v) is 20.3. The lowest BCUT2D eigenvalue weighted by molar-refractivity contribution is 0.278. The van der Waals surface area contributed by atoms with Crippen LogP contribution in [0.3, 0.4) is 0 Å². The summed E-state index contributed by atoms with van der Waals surface area (Å²) < 4.78 is 0. The molecule has 2 bridgehead atoms. The third-order valence-electron chi connectivity index (χ3n) is 14.9. The van der Waals surface area contributed by atoms with Crippen LogP contribution in [0, 0.1) is 0 Å². The van der Waals surface area contributed by atoms with Gasteiger partial charge >= 0.3 is 0 Å². The van der Waals surface area contributed by atoms with Crippen LogP contribution in [0.1, 0.15) is 176 Å². The fourth-order valence-electron chi connectivity index (χ4n) is 12.4. The molecule has 3 heteroatoms. The molecule has 6 aliphatic rings. The summed E-state index contributed by atoms with van der Waals surface area (Å²) in [5.74, 6) is 2.39. The van der Waals surface area contributed by atoms with Crippen LogP contribution < -0.4 is 37.7 Å². The number of para-hydroxylation sites is 1. The van der Waals surface area contributed by atoms with E-state index in [0.29, 0.717) is 29.6 Å². The van der Waals surface area contributed by atoms with E-state index in [9.17, 15) is 0 Å². The summed E-state index contributed by atoms with van der Waals surface area (Å²) in [6.07, 6.45) is 5.13. The Bertz CT molecular complexity index is 2360. The largest absolute Gasteiger partial charge is 0.312 e. The van der Waals surface area contributed by atoms with E-state index in [1.165, 1.54) is 86.7 Å². The molecule has 0 unspecified atom stereocenters. The maximum Gasteiger partial charge on any atom is 0.247 e. The van der Waals surface area contributed by atoms with Gasteiger partial charge in [0.05, 0.1) is 0 Å². The Morgan fingerprint density at radius 1 is 0.564 bits per heavy atom. The van der Waals surface area contributed by atoms with Crippen molar-refractivity contribution in [3.8, 4) is 0 Å². The lowest BCUT2D eigenvalue weighted by atomic mass is 9.28. The first-order chi connectivity index (χ1) is 26.2. The van der Waals surface area contributed by atoms with Gasteiger partial charge < -0.3 is 4.90 Å². The van der Waals surface area contributed by atoms with E-state index in [-0.39, 0.29) is 24.3 Å². The van der Waals surface area contributed by atoms with Crippen LogP contribution in [0.5, 0.6) is 0 Å². The molecule has 5 aromatic rings. The summed E-state index contributed by atoms with van der Waals surface area (Å²) in [5, 5.41) is 0. The fraction of sp³-hybridized carbons (Fsp3) is 0.423. The smallest absolute Gasteiger partial charge is 0.247 e. The normalized spacial score (nSPS) is 20.1. The molecule has 1 nitrogen and oxygen atoms in total. The standard InChI is InChI=1S/C52H59B2N/c1-29(2)35-15-12-16-36(30(3)4)46(35)53-41-19-14-20-42-49(41)55-48-40(52-25-23-33(24-26-52)39-21-22-43(53)50(55)45(39)52)27-34(51(9,10)11)28-44(48)54(42)47-37(31(5)6)17-13-18-38(47)32(7)8/h12-22,27-33H,23-26H2,1-11H3. The van der Waals surface area contributed by atoms with Gasteiger partial charge in [0.1, 0.15) is 0 Å². The van der Waals surface area contributed by atoms with Gasteiger partial charge in [-0.2, -0.15) is 0 Å². The Kier molecular flexibility index (Phi) is 7.75. The van der Waals surface area contributed by atoms with Crippen LogP contribution in [-0.4, -0.2) is 13.4 Å². The van der Waals surface area contributed by atoms with E-state index in [1.54, 1.807) is 33.3 Å². The second kappa shape index (κ2) is 12.0. The lowest BCUT2D eigenvalue weighted by Gasteiger charge is -2.58. The summed E-state index contributed by atoms with van der Waals surface area (Å²) in [7, 11) is 0. The average molecular weight is 720 g/mol. The third-order valence-corrected chi connectivity index (χ3v) is 14.9. The van der Waals surface area contributed by atoms with Crippen LogP contribution in [0.2, 0.25) is 0 Å². The quantitative estimate of drug-likeness (QED) is 0.155. The number of rotatable bonds is 6. The summed E-state index contributed by atoms with van der Waals surface area (Å²) in [5.41, 5.74) is 26.3. The van der Waals surface area contributed by atoms with Crippen molar-refractivity contribution in [2.24, 2.45) is 0 Å². The number of hydrogen-bond acceptors (Lipinski definition) is 1. The zero-order chi connectivity index (χ0) is 38.5. The van der Waals surface area contributed by atoms with Crippen molar-refractivity contribution in [1.29, 1.82) is 0 Å². The highest BCUT2D eigenvalue weighted by Gasteiger charge is 2.57. The third kappa shape index (κ3) is 4.68. The highest BCUT2D eigenvalue weighted by atomic mass is 15.2. The van der Waals surface area contributed by atoms with Gasteiger partial charge in [-0.15, -0.1) is 0 Å². The molecule has 1 saturated carbocycles. The predicted octanol–water partition coefficient (Wildman–Crippen LogP) is 9.88. The number of hydrogen-bond donors (Lipinski definition) is 0. The molecule has 0 N–H and O–H groups in total. The summed E-state index contributed by atoms with van der Waals surface area (Å²) in [6.45, 7) is 26.9. The maximum atomic E-state index is 2.87. The Hall–Kier alpha value is -3.97. The number of fused-ring (bicyclic) bond motifs is 2. The molecule has 3 aliphatic heterocycles. The molecule has 0 atom stereocenters. The molecular formula is C52H59B2N. The minimum atomic E-state index is 0.0326. The summed E-state index contributed by atoms with van der Waals surface area (Å²) >= 11 is 0. The molecule has 0 saturated heterocycles. The van der Waals surface area contributed by atoms with E-state index in [0.717, 1.165) is 0 Å². The van der Waals surface area contributed by atoms with Crippen molar-refractivity contribution in [1.82, 2.24) is 0 Å². The first-order valence-electron chi connectivity index (χ1n) is 21.8. The molecule has 3 aliphatic carbocycles. The van der Waals surface area contributed by atoms with Crippen LogP contribution >= 0.6 is 0 Å². The van der Waals surface area contributed by atoms with Crippen molar-refractivity contribution >= 4 is 63.3 Å². The van der Waals surface area contributed by atoms with Crippen molar-refractivity contribution < 1.29 is 0 Å². The molecule has 3 heterocycles. The molecule has 0 aromatic heterocycles. The zero-order valence-corrected chi connectivity index (χ0v) is 35.3. The van der Waals surface area contributed by atoms with Gasteiger partial charge in [-0.05, 0) is 127 Å². The maximum absolute atomic E-state index is 2.87. The van der Waals surface area contributed by atoms with E-state index in [1.807, 2.05) is 0 Å². The van der Waals surface area contributed by atoms with Gasteiger partial charge in [0.15, 0.2) is 0 Å². The summed E-state index contributed by atoms with van der Waals surface area (Å²) in [4.78, 5) is 2.87. The molecular weight excluding hydrogens is 660 g/mol. The predicted molar refractivity (Wildman–Crippen MR) is 240 cm³/mol. The number of anilines is 3. The fourth-order valence-corrected chi connectivity index (χ4v) is 12.4. The van der Waals surface area contributed by atoms with Crippen molar-refractivity contribution in [3.05, 3.63) is 123 Å².